The fourth-order valence-electron chi connectivity index (χ4n) is 3.09. The van der Waals surface area contributed by atoms with E-state index >= 15 is 0 Å². The zero-order chi connectivity index (χ0) is 18.3. The summed E-state index contributed by atoms with van der Waals surface area (Å²) in [7, 11) is 0. The van der Waals surface area contributed by atoms with E-state index in [9.17, 15) is 4.79 Å². The maximum Gasteiger partial charge on any atom is 0.306 e. The molecule has 1 heterocycles. The van der Waals surface area contributed by atoms with Crippen molar-refractivity contribution in [3.05, 3.63) is 35.4 Å². The minimum atomic E-state index is -0.0825. The molecule has 3 rings (SSSR count). The van der Waals surface area contributed by atoms with Crippen molar-refractivity contribution in [3.8, 4) is 0 Å². The lowest BCUT2D eigenvalue weighted by Gasteiger charge is -2.24. The maximum atomic E-state index is 11.5. The van der Waals surface area contributed by atoms with Crippen LogP contribution in [0, 0.1) is 0 Å². The van der Waals surface area contributed by atoms with Crippen molar-refractivity contribution in [1.82, 2.24) is 5.32 Å². The first kappa shape index (κ1) is 21.7. The molecule has 1 aliphatic heterocycles. The monoisotopic (exact) mass is 347 g/mol. The Morgan fingerprint density at radius 3 is 2.24 bits per heavy atom. The van der Waals surface area contributed by atoms with Gasteiger partial charge in [-0.1, -0.05) is 64.3 Å². The highest BCUT2D eigenvalue weighted by Gasteiger charge is 2.18. The van der Waals surface area contributed by atoms with Gasteiger partial charge in [0, 0.05) is 6.42 Å². The Morgan fingerprint density at radius 1 is 1.08 bits per heavy atom. The Morgan fingerprint density at radius 2 is 1.68 bits per heavy atom. The van der Waals surface area contributed by atoms with Gasteiger partial charge in [0.2, 0.25) is 0 Å². The Kier molecular flexibility index (Phi) is 12.0. The van der Waals surface area contributed by atoms with Crippen molar-refractivity contribution in [2.75, 3.05) is 13.1 Å². The van der Waals surface area contributed by atoms with Crippen molar-refractivity contribution in [2.24, 2.45) is 0 Å². The zero-order valence-electron chi connectivity index (χ0n) is 16.5. The van der Waals surface area contributed by atoms with Gasteiger partial charge in [0.05, 0.1) is 0 Å². The predicted octanol–water partition coefficient (Wildman–Crippen LogP) is 5.58. The van der Waals surface area contributed by atoms with E-state index in [1.807, 2.05) is 26.8 Å². The summed E-state index contributed by atoms with van der Waals surface area (Å²) in [6, 6.07) is 8.44. The van der Waals surface area contributed by atoms with Gasteiger partial charge >= 0.3 is 5.97 Å². The average molecular weight is 348 g/mol. The molecule has 1 saturated carbocycles. The molecule has 0 spiro atoms. The van der Waals surface area contributed by atoms with Crippen LogP contribution in [0.25, 0.3) is 0 Å². The summed E-state index contributed by atoms with van der Waals surface area (Å²) in [5.74, 6) is 0.579. The number of rotatable bonds is 5. The molecular weight excluding hydrogens is 310 g/mol. The third-order valence-electron chi connectivity index (χ3n) is 4.65. The van der Waals surface area contributed by atoms with E-state index in [0.29, 0.717) is 18.9 Å². The maximum absolute atomic E-state index is 11.5. The van der Waals surface area contributed by atoms with Gasteiger partial charge in [0.15, 0.2) is 0 Å². The molecule has 1 aliphatic carbocycles. The van der Waals surface area contributed by atoms with Crippen LogP contribution in [0.1, 0.15) is 89.2 Å². The lowest BCUT2D eigenvalue weighted by Crippen LogP contribution is -2.29. The normalized spacial score (nSPS) is 16.4. The molecule has 0 aromatic heterocycles. The Balaban J connectivity index is 0.000000446. The largest absolute Gasteiger partial charge is 0.461 e. The molecule has 1 N–H and O–H groups in total. The standard InChI is InChI=1S/C17H24O2.C3H7N.C2H6/c1-2-8-17(18)19-13-15-11-6-7-12-16(15)14-9-4-3-5-10-14;1-2-4-3-1;1-2/h6-7,11-12,14H,2-5,8-10,13H2,1H3;4H,1-3H2;1-2H3. The molecule has 0 amide bonds. The molecular formula is C22H37NO2. The summed E-state index contributed by atoms with van der Waals surface area (Å²) >= 11 is 0. The SMILES string of the molecule is C1CNC1.CC.CCCC(=O)OCc1ccccc1C1CCCCC1. The van der Waals surface area contributed by atoms with Crippen LogP contribution < -0.4 is 5.32 Å². The van der Waals surface area contributed by atoms with Crippen LogP contribution in [0.3, 0.4) is 0 Å². The lowest BCUT2D eigenvalue weighted by atomic mass is 9.82. The highest BCUT2D eigenvalue weighted by Crippen LogP contribution is 2.34. The summed E-state index contributed by atoms with van der Waals surface area (Å²) < 4.78 is 5.36. The second kappa shape index (κ2) is 13.9. The van der Waals surface area contributed by atoms with Gasteiger partial charge in [0.25, 0.3) is 0 Å². The van der Waals surface area contributed by atoms with E-state index in [0.717, 1.165) is 6.42 Å². The summed E-state index contributed by atoms with van der Waals surface area (Å²) in [4.78, 5) is 11.5. The molecule has 2 aliphatic rings. The summed E-state index contributed by atoms with van der Waals surface area (Å²) in [5.41, 5.74) is 2.59. The molecule has 3 nitrogen and oxygen atoms in total. The minimum Gasteiger partial charge on any atom is -0.461 e. The summed E-state index contributed by atoms with van der Waals surface area (Å²) in [5, 5.41) is 3.11. The molecule has 1 aromatic rings. The number of hydrogen-bond acceptors (Lipinski definition) is 3. The quantitative estimate of drug-likeness (QED) is 0.706. The van der Waals surface area contributed by atoms with Gasteiger partial charge in [-0.2, -0.15) is 0 Å². The molecule has 0 unspecified atom stereocenters. The number of carbonyl (C=O) groups is 1. The number of benzene rings is 1. The highest BCUT2D eigenvalue weighted by molar-refractivity contribution is 5.69. The van der Waals surface area contributed by atoms with Crippen LogP contribution in [0.15, 0.2) is 24.3 Å². The van der Waals surface area contributed by atoms with E-state index in [2.05, 4.69) is 23.5 Å². The van der Waals surface area contributed by atoms with E-state index in [1.54, 1.807) is 0 Å². The third-order valence-corrected chi connectivity index (χ3v) is 4.65. The number of ether oxygens (including phenoxy) is 1. The van der Waals surface area contributed by atoms with Crippen LogP contribution in [-0.2, 0) is 16.1 Å². The number of hydrogen-bond donors (Lipinski definition) is 1. The Bertz CT molecular complexity index is 459. The Hall–Kier alpha value is -1.35. The molecule has 1 saturated heterocycles. The first-order valence-electron chi connectivity index (χ1n) is 10.3. The van der Waals surface area contributed by atoms with E-state index < -0.39 is 0 Å². The van der Waals surface area contributed by atoms with Gasteiger partial charge < -0.3 is 10.1 Å². The van der Waals surface area contributed by atoms with Crippen molar-refractivity contribution in [1.29, 1.82) is 0 Å². The smallest absolute Gasteiger partial charge is 0.306 e. The van der Waals surface area contributed by atoms with Gasteiger partial charge in [-0.15, -0.1) is 0 Å². The van der Waals surface area contributed by atoms with Crippen LogP contribution >= 0.6 is 0 Å². The third kappa shape index (κ3) is 8.53. The van der Waals surface area contributed by atoms with Gasteiger partial charge in [0.1, 0.15) is 6.61 Å². The molecule has 25 heavy (non-hydrogen) atoms. The molecule has 142 valence electrons. The second-order valence-electron chi connectivity index (χ2n) is 6.55. The predicted molar refractivity (Wildman–Crippen MR) is 106 cm³/mol. The number of nitrogens with one attached hydrogen (secondary N) is 1. The van der Waals surface area contributed by atoms with Crippen molar-refractivity contribution < 1.29 is 9.53 Å². The van der Waals surface area contributed by atoms with E-state index in [4.69, 9.17) is 4.74 Å². The van der Waals surface area contributed by atoms with E-state index in [-0.39, 0.29) is 5.97 Å². The van der Waals surface area contributed by atoms with Gasteiger partial charge in [-0.25, -0.2) is 0 Å². The summed E-state index contributed by atoms with van der Waals surface area (Å²) in [6.07, 6.45) is 9.34. The second-order valence-corrected chi connectivity index (χ2v) is 6.55. The minimum absolute atomic E-state index is 0.0825. The lowest BCUT2D eigenvalue weighted by molar-refractivity contribution is -0.145. The first-order valence-corrected chi connectivity index (χ1v) is 10.3. The average Bonchev–Trinajstić information content (AvgIpc) is 2.62. The topological polar surface area (TPSA) is 38.3 Å². The highest BCUT2D eigenvalue weighted by atomic mass is 16.5. The zero-order valence-corrected chi connectivity index (χ0v) is 16.5. The molecule has 0 atom stereocenters. The van der Waals surface area contributed by atoms with Crippen LogP contribution in [0.5, 0.6) is 0 Å². The molecule has 0 bridgehead atoms. The number of carbonyl (C=O) groups excluding carboxylic acids is 1. The van der Waals surface area contributed by atoms with Crippen molar-refractivity contribution in [3.63, 3.8) is 0 Å². The van der Waals surface area contributed by atoms with Gasteiger partial charge in [-0.3, -0.25) is 4.79 Å². The van der Waals surface area contributed by atoms with E-state index in [1.165, 1.54) is 62.7 Å². The van der Waals surface area contributed by atoms with Crippen molar-refractivity contribution >= 4 is 5.97 Å². The molecule has 0 radical (unpaired) electrons. The van der Waals surface area contributed by atoms with Crippen LogP contribution in [0.2, 0.25) is 0 Å². The van der Waals surface area contributed by atoms with Crippen LogP contribution in [-0.4, -0.2) is 19.1 Å². The van der Waals surface area contributed by atoms with Crippen molar-refractivity contribution in [2.45, 2.75) is 84.7 Å². The number of esters is 1. The molecule has 1 aromatic carbocycles. The first-order chi connectivity index (χ1) is 12.3. The fourth-order valence-corrected chi connectivity index (χ4v) is 3.09. The van der Waals surface area contributed by atoms with Gasteiger partial charge in [-0.05, 0) is 55.8 Å². The summed E-state index contributed by atoms with van der Waals surface area (Å²) in [6.45, 7) is 8.93. The molecule has 3 heteroatoms. The fraction of sp³-hybridized carbons (Fsp3) is 0.682. The Labute approximate surface area is 154 Å². The van der Waals surface area contributed by atoms with Crippen LogP contribution in [0.4, 0.5) is 0 Å². The molecule has 2 fully saturated rings.